The molecular weight excluding hydrogens is 190 g/mol. The second-order valence-corrected chi connectivity index (χ2v) is 3.18. The van der Waals surface area contributed by atoms with E-state index < -0.39 is 0 Å². The molecule has 0 aliphatic heterocycles. The highest BCUT2D eigenvalue weighted by Crippen LogP contribution is 2.18. The van der Waals surface area contributed by atoms with Gasteiger partial charge in [-0.1, -0.05) is 35.5 Å². The minimum Gasteiger partial charge on any atom is -0.374 e. The normalized spacial score (nSPS) is 10.5. The van der Waals surface area contributed by atoms with E-state index in [0.717, 1.165) is 17.0 Å². The summed E-state index contributed by atoms with van der Waals surface area (Å²) >= 11 is 0. The van der Waals surface area contributed by atoms with Gasteiger partial charge in [-0.2, -0.15) is 0 Å². The standard InChI is InChI=1S/C12H13NO2/c1-2-14-9-11-8-12(13-15-11)10-6-4-3-5-7-10/h3-8H,2,9H2,1H3. The Labute approximate surface area is 88.7 Å². The van der Waals surface area contributed by atoms with Crippen molar-refractivity contribution >= 4 is 0 Å². The second-order valence-electron chi connectivity index (χ2n) is 3.18. The lowest BCUT2D eigenvalue weighted by molar-refractivity contribution is 0.112. The fraction of sp³-hybridized carbons (Fsp3) is 0.250. The highest BCUT2D eigenvalue weighted by atomic mass is 16.5. The molecule has 0 atom stereocenters. The Morgan fingerprint density at radius 1 is 1.27 bits per heavy atom. The molecule has 2 aromatic rings. The van der Waals surface area contributed by atoms with Crippen LogP contribution < -0.4 is 0 Å². The van der Waals surface area contributed by atoms with Gasteiger partial charge < -0.3 is 9.26 Å². The molecule has 0 fully saturated rings. The molecule has 0 N–H and O–H groups in total. The maximum absolute atomic E-state index is 5.23. The summed E-state index contributed by atoms with van der Waals surface area (Å²) in [5.41, 5.74) is 1.91. The summed E-state index contributed by atoms with van der Waals surface area (Å²) in [5, 5.41) is 3.98. The number of hydrogen-bond acceptors (Lipinski definition) is 3. The van der Waals surface area contributed by atoms with Gasteiger partial charge >= 0.3 is 0 Å². The molecule has 1 aromatic carbocycles. The fourth-order valence-corrected chi connectivity index (χ4v) is 1.33. The molecule has 0 amide bonds. The second kappa shape index (κ2) is 4.75. The van der Waals surface area contributed by atoms with E-state index in [9.17, 15) is 0 Å². The van der Waals surface area contributed by atoms with Crippen LogP contribution in [0, 0.1) is 0 Å². The van der Waals surface area contributed by atoms with E-state index in [1.807, 2.05) is 43.3 Å². The van der Waals surface area contributed by atoms with Crippen LogP contribution in [0.25, 0.3) is 11.3 Å². The topological polar surface area (TPSA) is 35.3 Å². The molecule has 0 bridgehead atoms. The third kappa shape index (κ3) is 2.44. The van der Waals surface area contributed by atoms with Gasteiger partial charge in [-0.05, 0) is 6.92 Å². The van der Waals surface area contributed by atoms with E-state index in [1.165, 1.54) is 0 Å². The third-order valence-corrected chi connectivity index (χ3v) is 2.08. The van der Waals surface area contributed by atoms with E-state index in [1.54, 1.807) is 0 Å². The summed E-state index contributed by atoms with van der Waals surface area (Å²) < 4.78 is 10.4. The van der Waals surface area contributed by atoms with Crippen LogP contribution in [0.1, 0.15) is 12.7 Å². The minimum atomic E-state index is 0.482. The van der Waals surface area contributed by atoms with Crippen LogP contribution in [-0.4, -0.2) is 11.8 Å². The molecule has 15 heavy (non-hydrogen) atoms. The van der Waals surface area contributed by atoms with Gasteiger partial charge in [0.15, 0.2) is 5.76 Å². The van der Waals surface area contributed by atoms with Gasteiger partial charge in [0.05, 0.1) is 0 Å². The van der Waals surface area contributed by atoms with Gasteiger partial charge in [-0.15, -0.1) is 0 Å². The summed E-state index contributed by atoms with van der Waals surface area (Å²) in [6, 6.07) is 11.8. The molecule has 0 aliphatic rings. The molecule has 0 spiro atoms. The monoisotopic (exact) mass is 203 g/mol. The Morgan fingerprint density at radius 2 is 2.07 bits per heavy atom. The Balaban J connectivity index is 2.14. The van der Waals surface area contributed by atoms with Gasteiger partial charge in [0, 0.05) is 18.2 Å². The average Bonchev–Trinajstić information content (AvgIpc) is 2.76. The van der Waals surface area contributed by atoms with Crippen molar-refractivity contribution in [2.75, 3.05) is 6.61 Å². The lowest BCUT2D eigenvalue weighted by Gasteiger charge is -1.93. The molecule has 1 aromatic heterocycles. The first-order valence-electron chi connectivity index (χ1n) is 4.99. The van der Waals surface area contributed by atoms with Gasteiger partial charge in [0.25, 0.3) is 0 Å². The predicted molar refractivity (Wildman–Crippen MR) is 57.3 cm³/mol. The van der Waals surface area contributed by atoms with E-state index in [-0.39, 0.29) is 0 Å². The fourth-order valence-electron chi connectivity index (χ4n) is 1.33. The zero-order valence-electron chi connectivity index (χ0n) is 8.64. The molecule has 0 saturated carbocycles. The molecule has 1 heterocycles. The van der Waals surface area contributed by atoms with E-state index >= 15 is 0 Å². The number of rotatable bonds is 4. The van der Waals surface area contributed by atoms with Crippen LogP contribution in [0.4, 0.5) is 0 Å². The van der Waals surface area contributed by atoms with Crippen LogP contribution in [0.15, 0.2) is 40.9 Å². The lowest BCUT2D eigenvalue weighted by Crippen LogP contribution is -1.88. The SMILES string of the molecule is CCOCc1cc(-c2ccccc2)no1. The molecule has 0 aliphatic carbocycles. The summed E-state index contributed by atoms with van der Waals surface area (Å²) in [4.78, 5) is 0. The van der Waals surface area contributed by atoms with Gasteiger partial charge in [0.1, 0.15) is 12.3 Å². The highest BCUT2D eigenvalue weighted by molar-refractivity contribution is 5.58. The van der Waals surface area contributed by atoms with Gasteiger partial charge in [-0.25, -0.2) is 0 Å². The Morgan fingerprint density at radius 3 is 2.80 bits per heavy atom. The number of benzene rings is 1. The Hall–Kier alpha value is -1.61. The van der Waals surface area contributed by atoms with Gasteiger partial charge in [-0.3, -0.25) is 0 Å². The molecule has 0 unspecified atom stereocenters. The van der Waals surface area contributed by atoms with Crippen molar-refractivity contribution in [3.63, 3.8) is 0 Å². The van der Waals surface area contributed by atoms with Crippen molar-refractivity contribution in [3.8, 4) is 11.3 Å². The highest BCUT2D eigenvalue weighted by Gasteiger charge is 2.05. The summed E-state index contributed by atoms with van der Waals surface area (Å²) in [6.07, 6.45) is 0. The Kier molecular flexibility index (Phi) is 3.15. The minimum absolute atomic E-state index is 0.482. The first-order chi connectivity index (χ1) is 7.40. The number of hydrogen-bond donors (Lipinski definition) is 0. The largest absolute Gasteiger partial charge is 0.374 e. The quantitative estimate of drug-likeness (QED) is 0.766. The van der Waals surface area contributed by atoms with Crippen molar-refractivity contribution in [2.24, 2.45) is 0 Å². The molecule has 78 valence electrons. The van der Waals surface area contributed by atoms with Crippen LogP contribution in [0.5, 0.6) is 0 Å². The molecule has 0 radical (unpaired) electrons. The zero-order chi connectivity index (χ0) is 10.5. The molecule has 0 saturated heterocycles. The van der Waals surface area contributed by atoms with Crippen LogP contribution >= 0.6 is 0 Å². The third-order valence-electron chi connectivity index (χ3n) is 2.08. The van der Waals surface area contributed by atoms with Crippen molar-refractivity contribution in [2.45, 2.75) is 13.5 Å². The van der Waals surface area contributed by atoms with Crippen molar-refractivity contribution in [1.29, 1.82) is 0 Å². The average molecular weight is 203 g/mol. The van der Waals surface area contributed by atoms with Crippen molar-refractivity contribution in [1.82, 2.24) is 5.16 Å². The predicted octanol–water partition coefficient (Wildman–Crippen LogP) is 2.88. The molecular formula is C12H13NO2. The lowest BCUT2D eigenvalue weighted by atomic mass is 10.1. The maximum Gasteiger partial charge on any atom is 0.163 e. The molecule has 2 rings (SSSR count). The van der Waals surface area contributed by atoms with Crippen LogP contribution in [-0.2, 0) is 11.3 Å². The zero-order valence-corrected chi connectivity index (χ0v) is 8.64. The first-order valence-corrected chi connectivity index (χ1v) is 4.99. The Bertz CT molecular complexity index is 409. The number of ether oxygens (including phenoxy) is 1. The van der Waals surface area contributed by atoms with E-state index in [0.29, 0.717) is 13.2 Å². The van der Waals surface area contributed by atoms with Crippen LogP contribution in [0.3, 0.4) is 0 Å². The molecule has 3 nitrogen and oxygen atoms in total. The van der Waals surface area contributed by atoms with E-state index in [2.05, 4.69) is 5.16 Å². The number of nitrogens with zero attached hydrogens (tertiary/aromatic N) is 1. The summed E-state index contributed by atoms with van der Waals surface area (Å²) in [6.45, 7) is 3.12. The number of aromatic nitrogens is 1. The smallest absolute Gasteiger partial charge is 0.163 e. The maximum atomic E-state index is 5.23. The van der Waals surface area contributed by atoms with Crippen molar-refractivity contribution in [3.05, 3.63) is 42.2 Å². The summed E-state index contributed by atoms with van der Waals surface area (Å²) in [7, 11) is 0. The van der Waals surface area contributed by atoms with Crippen molar-refractivity contribution < 1.29 is 9.26 Å². The van der Waals surface area contributed by atoms with Crippen LogP contribution in [0.2, 0.25) is 0 Å². The first kappa shape index (κ1) is 9.93. The summed E-state index contributed by atoms with van der Waals surface area (Å²) in [5.74, 6) is 0.760. The molecule has 3 heteroatoms. The van der Waals surface area contributed by atoms with E-state index in [4.69, 9.17) is 9.26 Å². The van der Waals surface area contributed by atoms with Gasteiger partial charge in [0.2, 0.25) is 0 Å².